The van der Waals surface area contributed by atoms with E-state index in [1.54, 1.807) is 13.8 Å². The molecule has 1 fully saturated rings. The van der Waals surface area contributed by atoms with Crippen molar-refractivity contribution < 1.29 is 18.7 Å². The minimum Gasteiger partial charge on any atom is -0.481 e. The molecule has 0 bridgehead atoms. The van der Waals surface area contributed by atoms with Gasteiger partial charge < -0.3 is 5.11 Å². The summed E-state index contributed by atoms with van der Waals surface area (Å²) < 4.78 is 28.0. The van der Waals surface area contributed by atoms with Crippen molar-refractivity contribution in [2.24, 2.45) is 17.8 Å². The van der Waals surface area contributed by atoms with E-state index in [-0.39, 0.29) is 12.3 Å². The van der Waals surface area contributed by atoms with Crippen molar-refractivity contribution in [3.05, 3.63) is 12.2 Å². The van der Waals surface area contributed by atoms with Gasteiger partial charge in [0.05, 0.1) is 0 Å². The monoisotopic (exact) mass is 288 g/mol. The maximum absolute atomic E-state index is 14.0. The van der Waals surface area contributed by atoms with Crippen LogP contribution in [0.4, 0.5) is 8.78 Å². The molecule has 1 aliphatic carbocycles. The topological polar surface area (TPSA) is 37.3 Å². The fourth-order valence-corrected chi connectivity index (χ4v) is 2.85. The summed E-state index contributed by atoms with van der Waals surface area (Å²) in [5.41, 5.74) is 0. The molecule has 0 aromatic rings. The van der Waals surface area contributed by atoms with Crippen LogP contribution in [0.1, 0.15) is 58.8 Å². The molecule has 1 atom stereocenters. The van der Waals surface area contributed by atoms with Crippen LogP contribution in [-0.2, 0) is 4.79 Å². The predicted molar refractivity (Wildman–Crippen MR) is 75.9 cm³/mol. The maximum Gasteiger partial charge on any atom is 0.313 e. The molecule has 20 heavy (non-hydrogen) atoms. The SMILES string of the molecule is CC(C)CC(C(=O)O)C(F)(F)C=CCC1CCCCC1. The molecule has 0 amide bonds. The van der Waals surface area contributed by atoms with Crippen LogP contribution in [0.3, 0.4) is 0 Å². The number of allylic oxidation sites excluding steroid dienone is 2. The summed E-state index contributed by atoms with van der Waals surface area (Å²) in [7, 11) is 0. The van der Waals surface area contributed by atoms with Gasteiger partial charge in [-0.05, 0) is 30.8 Å². The van der Waals surface area contributed by atoms with E-state index in [1.807, 2.05) is 0 Å². The molecule has 1 unspecified atom stereocenters. The lowest BCUT2D eigenvalue weighted by Crippen LogP contribution is -2.34. The fourth-order valence-electron chi connectivity index (χ4n) is 2.85. The molecule has 1 aliphatic rings. The Kier molecular flexibility index (Phi) is 6.63. The zero-order valence-corrected chi connectivity index (χ0v) is 12.4. The highest BCUT2D eigenvalue weighted by Crippen LogP contribution is 2.33. The number of carboxylic acid groups (broad SMARTS) is 1. The van der Waals surface area contributed by atoms with Crippen LogP contribution in [0.5, 0.6) is 0 Å². The van der Waals surface area contributed by atoms with Crippen molar-refractivity contribution in [1.29, 1.82) is 0 Å². The highest BCUT2D eigenvalue weighted by Gasteiger charge is 2.42. The summed E-state index contributed by atoms with van der Waals surface area (Å²) in [5.74, 6) is -5.86. The Morgan fingerprint density at radius 3 is 2.40 bits per heavy atom. The van der Waals surface area contributed by atoms with Crippen LogP contribution in [0.25, 0.3) is 0 Å². The fraction of sp³-hybridized carbons (Fsp3) is 0.812. The van der Waals surface area contributed by atoms with E-state index in [4.69, 9.17) is 5.11 Å². The number of rotatable bonds is 7. The number of alkyl halides is 2. The molecule has 0 spiro atoms. The van der Waals surface area contributed by atoms with Gasteiger partial charge in [-0.3, -0.25) is 4.79 Å². The van der Waals surface area contributed by atoms with Crippen LogP contribution in [0.15, 0.2) is 12.2 Å². The summed E-state index contributed by atoms with van der Waals surface area (Å²) in [6, 6.07) is 0. The van der Waals surface area contributed by atoms with Crippen LogP contribution in [0.2, 0.25) is 0 Å². The summed E-state index contributed by atoms with van der Waals surface area (Å²) in [5, 5.41) is 8.99. The maximum atomic E-state index is 14.0. The van der Waals surface area contributed by atoms with Gasteiger partial charge in [0.2, 0.25) is 0 Å². The van der Waals surface area contributed by atoms with Gasteiger partial charge in [-0.25, -0.2) is 8.78 Å². The second kappa shape index (κ2) is 7.75. The minimum atomic E-state index is -3.26. The third-order valence-electron chi connectivity index (χ3n) is 4.00. The number of carboxylic acids is 1. The Morgan fingerprint density at radius 1 is 1.30 bits per heavy atom. The Bertz CT molecular complexity index is 331. The van der Waals surface area contributed by atoms with E-state index < -0.39 is 17.8 Å². The zero-order valence-electron chi connectivity index (χ0n) is 12.4. The molecule has 1 saturated carbocycles. The number of carbonyl (C=O) groups is 1. The molecule has 0 radical (unpaired) electrons. The smallest absolute Gasteiger partial charge is 0.313 e. The lowest BCUT2D eigenvalue weighted by atomic mass is 9.86. The molecular formula is C16H26F2O2. The molecule has 0 saturated heterocycles. The molecule has 0 aliphatic heterocycles. The van der Waals surface area contributed by atoms with Crippen molar-refractivity contribution in [3.63, 3.8) is 0 Å². The van der Waals surface area contributed by atoms with Crippen LogP contribution in [-0.4, -0.2) is 17.0 Å². The molecule has 4 heteroatoms. The molecule has 1 N–H and O–H groups in total. The van der Waals surface area contributed by atoms with Gasteiger partial charge in [0.25, 0.3) is 5.92 Å². The quantitative estimate of drug-likeness (QED) is 0.677. The predicted octanol–water partition coefficient (Wildman–Crippen LogP) is 4.90. The Labute approximate surface area is 120 Å². The Morgan fingerprint density at radius 2 is 1.90 bits per heavy atom. The van der Waals surface area contributed by atoms with Crippen molar-refractivity contribution in [2.75, 3.05) is 0 Å². The summed E-state index contributed by atoms with van der Waals surface area (Å²) >= 11 is 0. The second-order valence-electron chi connectivity index (χ2n) is 6.34. The Hall–Kier alpha value is -0.930. The van der Waals surface area contributed by atoms with Gasteiger partial charge in [0, 0.05) is 0 Å². The highest BCUT2D eigenvalue weighted by molar-refractivity contribution is 5.71. The van der Waals surface area contributed by atoms with Crippen LogP contribution < -0.4 is 0 Å². The lowest BCUT2D eigenvalue weighted by Gasteiger charge is -2.23. The van der Waals surface area contributed by atoms with Crippen molar-refractivity contribution in [3.8, 4) is 0 Å². The average molecular weight is 288 g/mol. The number of hydrogen-bond acceptors (Lipinski definition) is 1. The molecule has 116 valence electrons. The van der Waals surface area contributed by atoms with E-state index in [0.717, 1.165) is 18.9 Å². The van der Waals surface area contributed by atoms with Crippen molar-refractivity contribution in [2.45, 2.75) is 64.7 Å². The summed E-state index contributed by atoms with van der Waals surface area (Å²) in [4.78, 5) is 11.0. The molecule has 2 nitrogen and oxygen atoms in total. The van der Waals surface area contributed by atoms with Crippen molar-refractivity contribution >= 4 is 5.97 Å². The number of hydrogen-bond donors (Lipinski definition) is 1. The first-order valence-electron chi connectivity index (χ1n) is 7.61. The molecular weight excluding hydrogens is 262 g/mol. The molecule has 0 aromatic heterocycles. The molecule has 0 heterocycles. The standard InChI is InChI=1S/C16H26F2O2/c1-12(2)11-14(15(19)20)16(17,18)10-6-9-13-7-4-3-5-8-13/h6,10,12-14H,3-5,7-9,11H2,1-2H3,(H,19,20). The van der Waals surface area contributed by atoms with Gasteiger partial charge in [-0.2, -0.15) is 0 Å². The van der Waals surface area contributed by atoms with Crippen molar-refractivity contribution in [1.82, 2.24) is 0 Å². The zero-order chi connectivity index (χ0) is 15.2. The summed E-state index contributed by atoms with van der Waals surface area (Å²) in [6.07, 6.45) is 8.76. The first kappa shape index (κ1) is 17.1. The molecule has 0 aromatic carbocycles. The third-order valence-corrected chi connectivity index (χ3v) is 4.00. The van der Waals surface area contributed by atoms with Crippen LogP contribution >= 0.6 is 0 Å². The average Bonchev–Trinajstić information content (AvgIpc) is 2.36. The lowest BCUT2D eigenvalue weighted by molar-refractivity contribution is -0.153. The Balaban J connectivity index is 2.57. The van der Waals surface area contributed by atoms with Crippen LogP contribution in [0, 0.1) is 17.8 Å². The highest BCUT2D eigenvalue weighted by atomic mass is 19.3. The summed E-state index contributed by atoms with van der Waals surface area (Å²) in [6.45, 7) is 3.52. The first-order chi connectivity index (χ1) is 9.33. The normalized spacial score (nSPS) is 19.6. The van der Waals surface area contributed by atoms with Gasteiger partial charge in [-0.15, -0.1) is 0 Å². The first-order valence-corrected chi connectivity index (χ1v) is 7.61. The minimum absolute atomic E-state index is 0.00387. The van der Waals surface area contributed by atoms with E-state index in [9.17, 15) is 13.6 Å². The van der Waals surface area contributed by atoms with E-state index in [0.29, 0.717) is 12.3 Å². The van der Waals surface area contributed by atoms with E-state index >= 15 is 0 Å². The van der Waals surface area contributed by atoms with Gasteiger partial charge in [0.15, 0.2) is 0 Å². The number of halogens is 2. The van der Waals surface area contributed by atoms with E-state index in [1.165, 1.54) is 25.3 Å². The largest absolute Gasteiger partial charge is 0.481 e. The van der Waals surface area contributed by atoms with Gasteiger partial charge in [-0.1, -0.05) is 52.0 Å². The third kappa shape index (κ3) is 5.59. The van der Waals surface area contributed by atoms with Gasteiger partial charge >= 0.3 is 5.97 Å². The second-order valence-corrected chi connectivity index (χ2v) is 6.34. The number of aliphatic carboxylic acids is 1. The molecule has 1 rings (SSSR count). The van der Waals surface area contributed by atoms with Gasteiger partial charge in [0.1, 0.15) is 5.92 Å². The van der Waals surface area contributed by atoms with E-state index in [2.05, 4.69) is 0 Å².